The maximum atomic E-state index is 13.0. The van der Waals surface area contributed by atoms with Gasteiger partial charge in [0.2, 0.25) is 5.91 Å². The molecule has 0 bridgehead atoms. The molecule has 112 valence electrons. The minimum Gasteiger partial charge on any atom is -0.368 e. The van der Waals surface area contributed by atoms with E-state index in [9.17, 15) is 9.18 Å². The van der Waals surface area contributed by atoms with Crippen molar-refractivity contribution in [2.75, 3.05) is 12.3 Å². The fraction of sp³-hybridized carbons (Fsp3) is 0.533. The van der Waals surface area contributed by atoms with Crippen molar-refractivity contribution in [1.82, 2.24) is 5.32 Å². The first-order valence-corrected chi connectivity index (χ1v) is 7.90. The predicted octanol–water partition coefficient (Wildman–Crippen LogP) is 2.94. The first-order valence-electron chi connectivity index (χ1n) is 6.91. The van der Waals surface area contributed by atoms with Crippen molar-refractivity contribution in [3.63, 3.8) is 0 Å². The summed E-state index contributed by atoms with van der Waals surface area (Å²) < 4.78 is 13.0. The lowest BCUT2D eigenvalue weighted by molar-refractivity contribution is -0.124. The zero-order valence-electron chi connectivity index (χ0n) is 12.1. The largest absolute Gasteiger partial charge is 0.368 e. The molecular weight excluding hydrogens is 275 g/mol. The van der Waals surface area contributed by atoms with Crippen molar-refractivity contribution in [3.8, 4) is 0 Å². The van der Waals surface area contributed by atoms with Gasteiger partial charge in [-0.25, -0.2) is 4.39 Å². The van der Waals surface area contributed by atoms with Crippen LogP contribution >= 0.6 is 11.8 Å². The number of primary amides is 1. The van der Waals surface area contributed by atoms with Crippen molar-refractivity contribution in [2.24, 2.45) is 5.73 Å². The summed E-state index contributed by atoms with van der Waals surface area (Å²) in [6.45, 7) is 4.67. The van der Waals surface area contributed by atoms with Crippen LogP contribution < -0.4 is 11.1 Å². The molecule has 0 saturated carbocycles. The summed E-state index contributed by atoms with van der Waals surface area (Å²) in [5, 5.41) is 3.21. The second-order valence-corrected chi connectivity index (χ2v) is 6.20. The van der Waals surface area contributed by atoms with E-state index in [1.54, 1.807) is 17.8 Å². The Balaban J connectivity index is 2.39. The van der Waals surface area contributed by atoms with Crippen LogP contribution in [0.1, 0.15) is 33.1 Å². The van der Waals surface area contributed by atoms with Gasteiger partial charge in [-0.15, -0.1) is 11.8 Å². The molecule has 0 aliphatic heterocycles. The van der Waals surface area contributed by atoms with Gasteiger partial charge in [0, 0.05) is 4.90 Å². The summed E-state index contributed by atoms with van der Waals surface area (Å²) in [7, 11) is 0. The second-order valence-electron chi connectivity index (χ2n) is 5.03. The molecule has 3 N–H and O–H groups in total. The zero-order chi connectivity index (χ0) is 15.0. The van der Waals surface area contributed by atoms with E-state index >= 15 is 0 Å². The van der Waals surface area contributed by atoms with E-state index < -0.39 is 5.54 Å². The molecule has 0 heterocycles. The van der Waals surface area contributed by atoms with Crippen LogP contribution in [0, 0.1) is 5.82 Å². The third-order valence-electron chi connectivity index (χ3n) is 3.19. The molecule has 1 amide bonds. The Morgan fingerprint density at radius 2 is 2.25 bits per heavy atom. The topological polar surface area (TPSA) is 55.1 Å². The van der Waals surface area contributed by atoms with Crippen LogP contribution in [0.5, 0.6) is 0 Å². The smallest absolute Gasteiger partial charge is 0.237 e. The van der Waals surface area contributed by atoms with Crippen LogP contribution in [0.2, 0.25) is 0 Å². The summed E-state index contributed by atoms with van der Waals surface area (Å²) in [5.74, 6) is 0.295. The molecule has 0 aromatic heterocycles. The van der Waals surface area contributed by atoms with E-state index in [-0.39, 0.29) is 11.7 Å². The molecule has 0 spiro atoms. The van der Waals surface area contributed by atoms with Crippen molar-refractivity contribution in [2.45, 2.75) is 43.5 Å². The fourth-order valence-electron chi connectivity index (χ4n) is 1.87. The molecule has 20 heavy (non-hydrogen) atoms. The number of rotatable bonds is 9. The van der Waals surface area contributed by atoms with Crippen molar-refractivity contribution in [1.29, 1.82) is 0 Å². The molecule has 1 aromatic carbocycles. The molecule has 5 heteroatoms. The van der Waals surface area contributed by atoms with Crippen LogP contribution in [0.15, 0.2) is 29.2 Å². The summed E-state index contributed by atoms with van der Waals surface area (Å²) in [6, 6.07) is 6.54. The zero-order valence-corrected chi connectivity index (χ0v) is 12.9. The fourth-order valence-corrected chi connectivity index (χ4v) is 2.77. The Morgan fingerprint density at radius 1 is 1.50 bits per heavy atom. The SMILES string of the molecule is CCCNC(C)(CCCSc1cccc(F)c1)C(N)=O. The third-order valence-corrected chi connectivity index (χ3v) is 4.27. The summed E-state index contributed by atoms with van der Waals surface area (Å²) in [4.78, 5) is 12.4. The normalized spacial score (nSPS) is 13.9. The van der Waals surface area contributed by atoms with E-state index in [2.05, 4.69) is 5.32 Å². The number of carbonyl (C=O) groups excluding carboxylic acids is 1. The van der Waals surface area contributed by atoms with Crippen LogP contribution in [-0.4, -0.2) is 23.7 Å². The maximum Gasteiger partial charge on any atom is 0.237 e. The van der Waals surface area contributed by atoms with E-state index in [0.717, 1.165) is 30.0 Å². The average Bonchev–Trinajstić information content (AvgIpc) is 2.41. The van der Waals surface area contributed by atoms with Gasteiger partial charge in [-0.2, -0.15) is 0 Å². The lowest BCUT2D eigenvalue weighted by atomic mass is 9.95. The Labute approximate surface area is 124 Å². The molecule has 0 aliphatic carbocycles. The van der Waals surface area contributed by atoms with E-state index in [4.69, 9.17) is 5.73 Å². The monoisotopic (exact) mass is 298 g/mol. The number of thioether (sulfide) groups is 1. The number of hydrogen-bond acceptors (Lipinski definition) is 3. The molecule has 3 nitrogen and oxygen atoms in total. The van der Waals surface area contributed by atoms with Crippen LogP contribution in [-0.2, 0) is 4.79 Å². The second kappa shape index (κ2) is 8.27. The van der Waals surface area contributed by atoms with Gasteiger partial charge in [0.25, 0.3) is 0 Å². The molecule has 0 saturated heterocycles. The number of nitrogens with one attached hydrogen (secondary N) is 1. The number of nitrogens with two attached hydrogens (primary N) is 1. The predicted molar refractivity (Wildman–Crippen MR) is 82.3 cm³/mol. The van der Waals surface area contributed by atoms with Gasteiger partial charge in [-0.1, -0.05) is 13.0 Å². The molecule has 1 rings (SSSR count). The van der Waals surface area contributed by atoms with Gasteiger partial charge in [-0.3, -0.25) is 4.79 Å². The minimum absolute atomic E-state index is 0.221. The summed E-state index contributed by atoms with van der Waals surface area (Å²) in [5.41, 5.74) is 4.81. The molecule has 0 fully saturated rings. The highest BCUT2D eigenvalue weighted by atomic mass is 32.2. The Kier molecular flexibility index (Phi) is 7.02. The Bertz CT molecular complexity index is 442. The highest BCUT2D eigenvalue weighted by Crippen LogP contribution is 2.22. The number of hydrogen-bond donors (Lipinski definition) is 2. The third kappa shape index (κ3) is 5.51. The number of benzene rings is 1. The molecule has 0 aliphatic rings. The van der Waals surface area contributed by atoms with Gasteiger partial charge in [0.1, 0.15) is 5.82 Å². The molecule has 1 unspecified atom stereocenters. The van der Waals surface area contributed by atoms with E-state index in [0.29, 0.717) is 6.42 Å². The van der Waals surface area contributed by atoms with Gasteiger partial charge in [0.15, 0.2) is 0 Å². The van der Waals surface area contributed by atoms with Crippen molar-refractivity contribution >= 4 is 17.7 Å². The van der Waals surface area contributed by atoms with E-state index in [1.807, 2.05) is 19.9 Å². The molecule has 1 atom stereocenters. The van der Waals surface area contributed by atoms with Gasteiger partial charge < -0.3 is 11.1 Å². The van der Waals surface area contributed by atoms with Crippen LogP contribution in [0.25, 0.3) is 0 Å². The standard InChI is InChI=1S/C15H23FN2OS/c1-3-9-18-15(2,14(17)19)8-5-10-20-13-7-4-6-12(16)11-13/h4,6-7,11,18H,3,5,8-10H2,1-2H3,(H2,17,19). The van der Waals surface area contributed by atoms with Gasteiger partial charge in [0.05, 0.1) is 5.54 Å². The lowest BCUT2D eigenvalue weighted by Gasteiger charge is -2.27. The minimum atomic E-state index is -0.654. The van der Waals surface area contributed by atoms with Gasteiger partial charge >= 0.3 is 0 Å². The first-order chi connectivity index (χ1) is 9.48. The van der Waals surface area contributed by atoms with Gasteiger partial charge in [-0.05, 0) is 56.7 Å². The quantitative estimate of drug-likeness (QED) is 0.544. The highest BCUT2D eigenvalue weighted by Gasteiger charge is 2.29. The number of amides is 1. The van der Waals surface area contributed by atoms with Crippen molar-refractivity contribution < 1.29 is 9.18 Å². The molecule has 1 aromatic rings. The number of carbonyl (C=O) groups is 1. The number of halogens is 1. The van der Waals surface area contributed by atoms with Crippen LogP contribution in [0.3, 0.4) is 0 Å². The van der Waals surface area contributed by atoms with Crippen molar-refractivity contribution in [3.05, 3.63) is 30.1 Å². The van der Waals surface area contributed by atoms with Crippen LogP contribution in [0.4, 0.5) is 4.39 Å². The lowest BCUT2D eigenvalue weighted by Crippen LogP contribution is -2.53. The van der Waals surface area contributed by atoms with E-state index in [1.165, 1.54) is 12.1 Å². The summed E-state index contributed by atoms with van der Waals surface area (Å²) >= 11 is 1.59. The highest BCUT2D eigenvalue weighted by molar-refractivity contribution is 7.99. The Hall–Kier alpha value is -1.07. The Morgan fingerprint density at radius 3 is 2.85 bits per heavy atom. The first kappa shape index (κ1) is 17.0. The molecule has 0 radical (unpaired) electrons. The summed E-state index contributed by atoms with van der Waals surface area (Å²) in [6.07, 6.45) is 2.49. The maximum absolute atomic E-state index is 13.0. The molecular formula is C15H23FN2OS. The average molecular weight is 298 g/mol.